The quantitative estimate of drug-likeness (QED) is 0.392. The van der Waals surface area contributed by atoms with Gasteiger partial charge < -0.3 is 20.6 Å². The van der Waals surface area contributed by atoms with E-state index in [4.69, 9.17) is 21.5 Å². The molecule has 12 heteroatoms. The molecule has 1 saturated carbocycles. The molecular formula is C29H33ClF3N3O5. The number of hydrogen-bond acceptors (Lipinski definition) is 4. The average molecular weight is 596 g/mol. The van der Waals surface area contributed by atoms with E-state index in [1.807, 2.05) is 4.90 Å². The van der Waals surface area contributed by atoms with E-state index in [2.05, 4.69) is 10.6 Å². The molecule has 1 heterocycles. The molecule has 1 aliphatic carbocycles. The van der Waals surface area contributed by atoms with Gasteiger partial charge in [-0.25, -0.2) is 4.79 Å². The molecule has 0 atom stereocenters. The minimum Gasteiger partial charge on any atom is -0.475 e. The minimum atomic E-state index is -5.08. The van der Waals surface area contributed by atoms with Gasteiger partial charge in [0.2, 0.25) is 5.91 Å². The number of alkyl halides is 3. The normalized spacial score (nSPS) is 16.2. The molecule has 3 amide bonds. The van der Waals surface area contributed by atoms with Crippen LogP contribution in [0.2, 0.25) is 5.02 Å². The number of hydrogen-bond donors (Lipinski definition) is 3. The molecule has 0 radical (unpaired) electrons. The van der Waals surface area contributed by atoms with Crippen LogP contribution in [-0.4, -0.2) is 59.5 Å². The lowest BCUT2D eigenvalue weighted by molar-refractivity contribution is -0.192. The number of aliphatic carboxylic acids is 1. The van der Waals surface area contributed by atoms with Gasteiger partial charge in [-0.2, -0.15) is 13.2 Å². The molecule has 41 heavy (non-hydrogen) atoms. The van der Waals surface area contributed by atoms with E-state index in [1.54, 1.807) is 48.5 Å². The zero-order valence-electron chi connectivity index (χ0n) is 22.4. The van der Waals surface area contributed by atoms with Crippen LogP contribution in [-0.2, 0) is 9.59 Å². The third-order valence-corrected chi connectivity index (χ3v) is 7.43. The van der Waals surface area contributed by atoms with Crippen molar-refractivity contribution >= 4 is 41.0 Å². The SMILES string of the molecule is O=C(Nc1ccc(C(=O)N2CCC(C(=O)NCC3CCCCC3)CC2)cc1)c1ccc(Cl)cc1.O=C(O)C(F)(F)F. The summed E-state index contributed by atoms with van der Waals surface area (Å²) in [5.41, 5.74) is 1.70. The number of amides is 3. The molecule has 222 valence electrons. The number of carbonyl (C=O) groups excluding carboxylic acids is 3. The van der Waals surface area contributed by atoms with Crippen molar-refractivity contribution < 1.29 is 37.5 Å². The number of halogens is 4. The van der Waals surface area contributed by atoms with E-state index >= 15 is 0 Å². The van der Waals surface area contributed by atoms with Gasteiger partial charge in [-0.1, -0.05) is 30.9 Å². The van der Waals surface area contributed by atoms with E-state index in [0.717, 1.165) is 6.54 Å². The summed E-state index contributed by atoms with van der Waals surface area (Å²) in [5.74, 6) is -2.29. The molecular weight excluding hydrogens is 563 g/mol. The maximum atomic E-state index is 12.9. The summed E-state index contributed by atoms with van der Waals surface area (Å²) in [7, 11) is 0. The van der Waals surface area contributed by atoms with Crippen LogP contribution in [0.25, 0.3) is 0 Å². The van der Waals surface area contributed by atoms with E-state index in [0.29, 0.717) is 53.7 Å². The van der Waals surface area contributed by atoms with Crippen LogP contribution in [0.3, 0.4) is 0 Å². The highest BCUT2D eigenvalue weighted by molar-refractivity contribution is 6.30. The molecule has 4 rings (SSSR count). The lowest BCUT2D eigenvalue weighted by atomic mass is 9.89. The summed E-state index contributed by atoms with van der Waals surface area (Å²) in [6.07, 6.45) is 2.60. The molecule has 0 aromatic heterocycles. The number of piperidine rings is 1. The maximum absolute atomic E-state index is 12.9. The number of carboxylic acids is 1. The predicted octanol–water partition coefficient (Wildman–Crippen LogP) is 5.77. The lowest BCUT2D eigenvalue weighted by Gasteiger charge is -2.32. The van der Waals surface area contributed by atoms with Crippen molar-refractivity contribution in [2.45, 2.75) is 51.1 Å². The van der Waals surface area contributed by atoms with Crippen molar-refractivity contribution in [3.8, 4) is 0 Å². The number of carbonyl (C=O) groups is 4. The number of benzene rings is 2. The Balaban J connectivity index is 0.000000587. The first-order valence-electron chi connectivity index (χ1n) is 13.5. The van der Waals surface area contributed by atoms with Crippen molar-refractivity contribution in [1.29, 1.82) is 0 Å². The van der Waals surface area contributed by atoms with Crippen LogP contribution in [0.4, 0.5) is 18.9 Å². The highest BCUT2D eigenvalue weighted by Crippen LogP contribution is 2.24. The topological polar surface area (TPSA) is 116 Å². The monoisotopic (exact) mass is 595 g/mol. The third-order valence-electron chi connectivity index (χ3n) is 7.18. The summed E-state index contributed by atoms with van der Waals surface area (Å²) < 4.78 is 31.7. The molecule has 8 nitrogen and oxygen atoms in total. The fraction of sp³-hybridized carbons (Fsp3) is 0.448. The molecule has 1 saturated heterocycles. The predicted molar refractivity (Wildman–Crippen MR) is 148 cm³/mol. The summed E-state index contributed by atoms with van der Waals surface area (Å²) in [6.45, 7) is 1.95. The lowest BCUT2D eigenvalue weighted by Crippen LogP contribution is -2.43. The number of likely N-dealkylation sites (tertiary alicyclic amines) is 1. The van der Waals surface area contributed by atoms with Crippen molar-refractivity contribution in [2.24, 2.45) is 11.8 Å². The molecule has 2 fully saturated rings. The molecule has 3 N–H and O–H groups in total. The number of nitrogens with zero attached hydrogens (tertiary/aromatic N) is 1. The van der Waals surface area contributed by atoms with E-state index < -0.39 is 12.1 Å². The van der Waals surface area contributed by atoms with Gasteiger partial charge in [-0.05, 0) is 80.1 Å². The van der Waals surface area contributed by atoms with Gasteiger partial charge in [0, 0.05) is 47.4 Å². The van der Waals surface area contributed by atoms with Gasteiger partial charge in [-0.3, -0.25) is 14.4 Å². The van der Waals surface area contributed by atoms with Crippen LogP contribution in [0, 0.1) is 11.8 Å². The van der Waals surface area contributed by atoms with Crippen LogP contribution in [0.15, 0.2) is 48.5 Å². The Morgan fingerprint density at radius 1 is 0.854 bits per heavy atom. The van der Waals surface area contributed by atoms with Crippen molar-refractivity contribution in [1.82, 2.24) is 10.2 Å². The summed E-state index contributed by atoms with van der Waals surface area (Å²) in [6, 6.07) is 13.6. The van der Waals surface area contributed by atoms with Gasteiger partial charge in [0.25, 0.3) is 11.8 Å². The average Bonchev–Trinajstić information content (AvgIpc) is 2.96. The number of nitrogens with one attached hydrogen (secondary N) is 2. The first-order valence-corrected chi connectivity index (χ1v) is 13.9. The Morgan fingerprint density at radius 2 is 1.39 bits per heavy atom. The fourth-order valence-corrected chi connectivity index (χ4v) is 4.93. The maximum Gasteiger partial charge on any atom is 0.490 e. The number of carboxylic acid groups (broad SMARTS) is 1. The Hall–Kier alpha value is -3.60. The smallest absolute Gasteiger partial charge is 0.475 e. The number of anilines is 1. The van der Waals surface area contributed by atoms with E-state index in [-0.39, 0.29) is 23.6 Å². The Morgan fingerprint density at radius 3 is 1.93 bits per heavy atom. The second kappa shape index (κ2) is 14.9. The highest BCUT2D eigenvalue weighted by Gasteiger charge is 2.38. The fourth-order valence-electron chi connectivity index (χ4n) is 4.81. The van der Waals surface area contributed by atoms with Gasteiger partial charge in [-0.15, -0.1) is 0 Å². The standard InChI is InChI=1S/C27H32ClN3O3.C2HF3O2/c28-23-10-6-20(7-11-23)26(33)30-24-12-8-22(9-13-24)27(34)31-16-14-21(15-17-31)25(32)29-18-19-4-2-1-3-5-19;3-2(4,5)1(6)7/h6-13,19,21H,1-5,14-18H2,(H,29,32)(H,30,33);(H,6,7). The molecule has 2 aromatic carbocycles. The third kappa shape index (κ3) is 10.1. The molecule has 1 aliphatic heterocycles. The first kappa shape index (κ1) is 31.9. The van der Waals surface area contributed by atoms with Crippen molar-refractivity contribution in [3.05, 3.63) is 64.7 Å². The summed E-state index contributed by atoms with van der Waals surface area (Å²) >= 11 is 5.87. The largest absolute Gasteiger partial charge is 0.490 e. The zero-order valence-corrected chi connectivity index (χ0v) is 23.1. The molecule has 0 spiro atoms. The zero-order chi connectivity index (χ0) is 30.0. The Bertz CT molecular complexity index is 1190. The van der Waals surface area contributed by atoms with Crippen molar-refractivity contribution in [2.75, 3.05) is 25.0 Å². The second-order valence-electron chi connectivity index (χ2n) is 10.2. The number of rotatable bonds is 6. The first-order chi connectivity index (χ1) is 19.4. The molecule has 0 unspecified atom stereocenters. The van der Waals surface area contributed by atoms with Gasteiger partial charge in [0.05, 0.1) is 0 Å². The van der Waals surface area contributed by atoms with Gasteiger partial charge in [0.15, 0.2) is 0 Å². The molecule has 2 aromatic rings. The van der Waals surface area contributed by atoms with Crippen molar-refractivity contribution in [3.63, 3.8) is 0 Å². The van der Waals surface area contributed by atoms with Crippen LogP contribution in [0.1, 0.15) is 65.7 Å². The van der Waals surface area contributed by atoms with Crippen LogP contribution in [0.5, 0.6) is 0 Å². The molecule has 2 aliphatic rings. The van der Waals surface area contributed by atoms with Crippen LogP contribution < -0.4 is 10.6 Å². The van der Waals surface area contributed by atoms with Gasteiger partial charge >= 0.3 is 12.1 Å². The highest BCUT2D eigenvalue weighted by atomic mass is 35.5. The summed E-state index contributed by atoms with van der Waals surface area (Å²) in [5, 5.41) is 13.7. The Kier molecular flexibility index (Phi) is 11.6. The molecule has 0 bridgehead atoms. The van der Waals surface area contributed by atoms with Crippen LogP contribution >= 0.6 is 11.6 Å². The second-order valence-corrected chi connectivity index (χ2v) is 10.6. The van der Waals surface area contributed by atoms with E-state index in [9.17, 15) is 27.6 Å². The van der Waals surface area contributed by atoms with Gasteiger partial charge in [0.1, 0.15) is 0 Å². The van der Waals surface area contributed by atoms with E-state index in [1.165, 1.54) is 32.1 Å². The minimum absolute atomic E-state index is 0.0157. The summed E-state index contributed by atoms with van der Waals surface area (Å²) in [4.78, 5) is 48.6. The Labute approximate surface area is 241 Å².